The topological polar surface area (TPSA) is 99.8 Å². The molecule has 2 fully saturated rings. The number of carbonyl (C=O) groups is 1. The highest BCUT2D eigenvalue weighted by Gasteiger charge is 2.36. The highest BCUT2D eigenvalue weighted by atomic mass is 16.4. The van der Waals surface area contributed by atoms with E-state index in [1.54, 1.807) is 0 Å². The Morgan fingerprint density at radius 1 is 1.17 bits per heavy atom. The standard InChI is InChI=1S/C28H44N4O3/c1-4-6-7-8-18(3)30-28-29-17-26-24(23-14-11-21(27(34)35)15-19(23)5-2)16-25(32(26)31-28)20-9-12-22(33)13-10-20/h16-23,33H,4-15H2,1-3H3,(H,30,31)(H,34,35). The molecule has 2 saturated carbocycles. The van der Waals surface area contributed by atoms with Crippen molar-refractivity contribution < 1.29 is 15.0 Å². The Morgan fingerprint density at radius 2 is 1.94 bits per heavy atom. The summed E-state index contributed by atoms with van der Waals surface area (Å²) in [5.74, 6) is 0.849. The van der Waals surface area contributed by atoms with E-state index in [9.17, 15) is 15.0 Å². The van der Waals surface area contributed by atoms with Gasteiger partial charge in [-0.25, -0.2) is 9.50 Å². The van der Waals surface area contributed by atoms with Gasteiger partial charge in [-0.2, -0.15) is 0 Å². The predicted molar refractivity (Wildman–Crippen MR) is 139 cm³/mol. The van der Waals surface area contributed by atoms with Crippen molar-refractivity contribution in [2.45, 2.75) is 122 Å². The van der Waals surface area contributed by atoms with E-state index in [0.717, 1.165) is 63.3 Å². The number of nitrogens with zero attached hydrogens (tertiary/aromatic N) is 3. The Balaban J connectivity index is 1.65. The molecule has 194 valence electrons. The molecule has 2 aromatic rings. The molecule has 0 radical (unpaired) electrons. The van der Waals surface area contributed by atoms with Crippen molar-refractivity contribution in [2.75, 3.05) is 5.32 Å². The van der Waals surface area contributed by atoms with Crippen molar-refractivity contribution in [3.8, 4) is 0 Å². The van der Waals surface area contributed by atoms with E-state index in [1.165, 1.54) is 30.5 Å². The van der Waals surface area contributed by atoms with Gasteiger partial charge in [0.2, 0.25) is 5.95 Å². The van der Waals surface area contributed by atoms with Gasteiger partial charge >= 0.3 is 5.97 Å². The average molecular weight is 485 g/mol. The first-order valence-electron chi connectivity index (χ1n) is 14.0. The number of aromatic nitrogens is 3. The summed E-state index contributed by atoms with van der Waals surface area (Å²) in [6, 6.07) is 2.66. The van der Waals surface area contributed by atoms with Gasteiger partial charge in [0, 0.05) is 17.7 Å². The third-order valence-corrected chi connectivity index (χ3v) is 8.56. The van der Waals surface area contributed by atoms with Crippen LogP contribution in [-0.2, 0) is 4.79 Å². The fourth-order valence-electron chi connectivity index (χ4n) is 6.41. The van der Waals surface area contributed by atoms with Crippen molar-refractivity contribution in [3.05, 3.63) is 23.5 Å². The van der Waals surface area contributed by atoms with Crippen LogP contribution in [-0.4, -0.2) is 42.9 Å². The van der Waals surface area contributed by atoms with Crippen molar-refractivity contribution in [2.24, 2.45) is 11.8 Å². The van der Waals surface area contributed by atoms with Gasteiger partial charge in [-0.3, -0.25) is 4.79 Å². The SMILES string of the molecule is CCCCCC(C)Nc1ncc2c(C3CCC(C(=O)O)CC3CC)cc(C3CCC(O)CC3)n2n1. The molecule has 2 aromatic heterocycles. The first-order chi connectivity index (χ1) is 16.9. The molecule has 0 saturated heterocycles. The molecule has 2 aliphatic carbocycles. The number of unbranched alkanes of at least 4 members (excludes halogenated alkanes) is 2. The van der Waals surface area contributed by atoms with E-state index >= 15 is 0 Å². The number of aliphatic hydroxyl groups is 1. The fourth-order valence-corrected chi connectivity index (χ4v) is 6.41. The van der Waals surface area contributed by atoms with E-state index in [4.69, 9.17) is 10.1 Å². The zero-order valence-electron chi connectivity index (χ0n) is 21.7. The molecule has 7 heteroatoms. The molecule has 7 nitrogen and oxygen atoms in total. The van der Waals surface area contributed by atoms with E-state index < -0.39 is 5.97 Å². The van der Waals surface area contributed by atoms with Crippen molar-refractivity contribution in [1.29, 1.82) is 0 Å². The zero-order valence-corrected chi connectivity index (χ0v) is 21.7. The number of carboxylic acid groups (broad SMARTS) is 1. The Hall–Kier alpha value is -2.15. The van der Waals surface area contributed by atoms with Gasteiger partial charge in [0.05, 0.1) is 23.7 Å². The number of carboxylic acids is 1. The van der Waals surface area contributed by atoms with Gasteiger partial charge in [0.1, 0.15) is 0 Å². The van der Waals surface area contributed by atoms with Gasteiger partial charge in [0.25, 0.3) is 0 Å². The number of hydrogen-bond acceptors (Lipinski definition) is 5. The zero-order chi connectivity index (χ0) is 24.9. The van der Waals surface area contributed by atoms with Gasteiger partial charge < -0.3 is 15.5 Å². The highest BCUT2D eigenvalue weighted by Crippen LogP contribution is 2.45. The Kier molecular flexibility index (Phi) is 8.68. The van der Waals surface area contributed by atoms with E-state index in [-0.39, 0.29) is 12.0 Å². The molecule has 35 heavy (non-hydrogen) atoms. The smallest absolute Gasteiger partial charge is 0.306 e. The lowest BCUT2D eigenvalue weighted by atomic mass is 9.70. The largest absolute Gasteiger partial charge is 0.481 e. The summed E-state index contributed by atoms with van der Waals surface area (Å²) in [5, 5.41) is 28.2. The maximum absolute atomic E-state index is 11.7. The number of rotatable bonds is 10. The quantitative estimate of drug-likeness (QED) is 0.351. The minimum atomic E-state index is -0.655. The van der Waals surface area contributed by atoms with Crippen LogP contribution in [0.25, 0.3) is 5.52 Å². The normalized spacial score (nSPS) is 28.2. The Labute approximate surface area is 209 Å². The van der Waals surface area contributed by atoms with Crippen LogP contribution in [0.4, 0.5) is 5.95 Å². The van der Waals surface area contributed by atoms with Gasteiger partial charge in [0.15, 0.2) is 0 Å². The number of nitrogens with one attached hydrogen (secondary N) is 1. The molecule has 4 rings (SSSR count). The van der Waals surface area contributed by atoms with Crippen molar-refractivity contribution in [1.82, 2.24) is 14.6 Å². The van der Waals surface area contributed by atoms with Gasteiger partial charge in [-0.05, 0) is 81.8 Å². The van der Waals surface area contributed by atoms with Crippen LogP contribution < -0.4 is 5.32 Å². The number of aliphatic hydroxyl groups excluding tert-OH is 1. The van der Waals surface area contributed by atoms with Crippen molar-refractivity contribution in [3.63, 3.8) is 0 Å². The maximum Gasteiger partial charge on any atom is 0.306 e. The van der Waals surface area contributed by atoms with E-state index in [2.05, 4.69) is 36.7 Å². The summed E-state index contributed by atoms with van der Waals surface area (Å²) in [6.45, 7) is 6.60. The number of anilines is 1. The highest BCUT2D eigenvalue weighted by molar-refractivity contribution is 5.70. The molecule has 0 aliphatic heterocycles. The molecular weight excluding hydrogens is 440 g/mol. The van der Waals surface area contributed by atoms with Crippen LogP contribution in [0, 0.1) is 11.8 Å². The molecule has 0 spiro atoms. The van der Waals surface area contributed by atoms with Gasteiger partial charge in [-0.1, -0.05) is 39.5 Å². The minimum Gasteiger partial charge on any atom is -0.481 e. The molecule has 3 N–H and O–H groups in total. The number of hydrogen-bond donors (Lipinski definition) is 3. The lowest BCUT2D eigenvalue weighted by Crippen LogP contribution is -2.27. The summed E-state index contributed by atoms with van der Waals surface area (Å²) in [7, 11) is 0. The van der Waals surface area contributed by atoms with Crippen LogP contribution in [0.2, 0.25) is 0 Å². The number of fused-ring (bicyclic) bond motifs is 1. The molecule has 0 amide bonds. The van der Waals surface area contributed by atoms with Crippen LogP contribution in [0.15, 0.2) is 12.3 Å². The summed E-state index contributed by atoms with van der Waals surface area (Å²) in [5.41, 5.74) is 3.57. The van der Waals surface area contributed by atoms with Crippen LogP contribution in [0.1, 0.15) is 121 Å². The molecule has 4 atom stereocenters. The second-order valence-corrected chi connectivity index (χ2v) is 11.1. The maximum atomic E-state index is 11.7. The molecule has 0 bridgehead atoms. The van der Waals surface area contributed by atoms with Crippen LogP contribution in [0.3, 0.4) is 0 Å². The first-order valence-corrected chi connectivity index (χ1v) is 14.0. The summed E-state index contributed by atoms with van der Waals surface area (Å²) in [4.78, 5) is 16.4. The fraction of sp³-hybridized carbons (Fsp3) is 0.750. The molecular formula is C28H44N4O3. The predicted octanol–water partition coefficient (Wildman–Crippen LogP) is 6.12. The van der Waals surface area contributed by atoms with E-state index in [1.807, 2.05) is 6.20 Å². The van der Waals surface area contributed by atoms with Crippen LogP contribution >= 0.6 is 0 Å². The molecule has 2 aliphatic rings. The number of aliphatic carboxylic acids is 1. The average Bonchev–Trinajstić information content (AvgIpc) is 3.22. The lowest BCUT2D eigenvalue weighted by molar-refractivity contribution is -0.143. The Bertz CT molecular complexity index is 982. The third-order valence-electron chi connectivity index (χ3n) is 8.56. The second-order valence-electron chi connectivity index (χ2n) is 11.1. The second kappa shape index (κ2) is 11.7. The first kappa shape index (κ1) is 25.9. The molecule has 2 heterocycles. The van der Waals surface area contributed by atoms with Crippen LogP contribution in [0.5, 0.6) is 0 Å². The van der Waals surface area contributed by atoms with Crippen molar-refractivity contribution >= 4 is 17.4 Å². The van der Waals surface area contributed by atoms with E-state index in [0.29, 0.717) is 29.7 Å². The van der Waals surface area contributed by atoms with Gasteiger partial charge in [-0.15, -0.1) is 5.10 Å². The summed E-state index contributed by atoms with van der Waals surface area (Å²) >= 11 is 0. The third kappa shape index (κ3) is 5.99. The molecule has 4 unspecified atom stereocenters. The summed E-state index contributed by atoms with van der Waals surface area (Å²) in [6.07, 6.45) is 13.5. The summed E-state index contributed by atoms with van der Waals surface area (Å²) < 4.78 is 2.11. The Morgan fingerprint density at radius 3 is 2.63 bits per heavy atom. The molecule has 0 aromatic carbocycles. The lowest BCUT2D eigenvalue weighted by Gasteiger charge is -2.34. The monoisotopic (exact) mass is 484 g/mol. The minimum absolute atomic E-state index is 0.191.